The van der Waals surface area contributed by atoms with E-state index in [1.54, 1.807) is 0 Å². The van der Waals surface area contributed by atoms with Crippen LogP contribution in [0.2, 0.25) is 0 Å². The zero-order valence-electron chi connectivity index (χ0n) is 10.6. The first-order chi connectivity index (χ1) is 9.77. The number of alkyl halides is 3. The number of anilines is 1. The van der Waals surface area contributed by atoms with Crippen LogP contribution in [0.3, 0.4) is 0 Å². The first-order valence-electron chi connectivity index (χ1n) is 5.82. The molecule has 21 heavy (non-hydrogen) atoms. The van der Waals surface area contributed by atoms with Crippen molar-refractivity contribution < 1.29 is 22.7 Å². The van der Waals surface area contributed by atoms with E-state index in [1.807, 2.05) is 0 Å². The minimum atomic E-state index is -4.42. The molecule has 0 aromatic heterocycles. The summed E-state index contributed by atoms with van der Waals surface area (Å²) < 4.78 is 42.7. The lowest BCUT2D eigenvalue weighted by Gasteiger charge is -2.11. The van der Waals surface area contributed by atoms with Crippen LogP contribution in [-0.4, -0.2) is 5.91 Å². The average molecular weight is 296 g/mol. The van der Waals surface area contributed by atoms with E-state index in [4.69, 9.17) is 16.2 Å². The summed E-state index contributed by atoms with van der Waals surface area (Å²) in [5, 5.41) is 0. The standard InChI is InChI=1S/C14H11F3N2O2/c15-14(16,17)8-1-4-10(5-2-8)21-12-7-9(18)3-6-11(12)13(19)20/h1-7H,18H2,(H2,19,20). The van der Waals surface area contributed by atoms with Crippen molar-refractivity contribution in [3.05, 3.63) is 53.6 Å². The summed E-state index contributed by atoms with van der Waals surface area (Å²) in [5.41, 5.74) is 10.4. The van der Waals surface area contributed by atoms with E-state index in [9.17, 15) is 18.0 Å². The van der Waals surface area contributed by atoms with Crippen molar-refractivity contribution in [1.82, 2.24) is 0 Å². The van der Waals surface area contributed by atoms with E-state index in [-0.39, 0.29) is 17.1 Å². The lowest BCUT2D eigenvalue weighted by molar-refractivity contribution is -0.137. The van der Waals surface area contributed by atoms with Gasteiger partial charge in [0.1, 0.15) is 11.5 Å². The Morgan fingerprint density at radius 3 is 2.19 bits per heavy atom. The lowest BCUT2D eigenvalue weighted by atomic mass is 10.1. The van der Waals surface area contributed by atoms with E-state index < -0.39 is 17.6 Å². The van der Waals surface area contributed by atoms with Crippen molar-refractivity contribution in [3.63, 3.8) is 0 Å². The number of amides is 1. The first-order valence-corrected chi connectivity index (χ1v) is 5.82. The number of nitrogen functional groups attached to an aromatic ring is 1. The molecule has 110 valence electrons. The van der Waals surface area contributed by atoms with Gasteiger partial charge in [0, 0.05) is 11.8 Å². The molecule has 0 bridgehead atoms. The van der Waals surface area contributed by atoms with Gasteiger partial charge < -0.3 is 16.2 Å². The van der Waals surface area contributed by atoms with Gasteiger partial charge in [0.2, 0.25) is 0 Å². The van der Waals surface area contributed by atoms with Gasteiger partial charge >= 0.3 is 6.18 Å². The van der Waals surface area contributed by atoms with Gasteiger partial charge in [-0.05, 0) is 36.4 Å². The fraction of sp³-hybridized carbons (Fsp3) is 0.0714. The second-order valence-electron chi connectivity index (χ2n) is 4.24. The molecule has 0 saturated carbocycles. The third-order valence-electron chi connectivity index (χ3n) is 2.68. The molecule has 0 aliphatic heterocycles. The number of primary amides is 1. The Labute approximate surface area is 118 Å². The van der Waals surface area contributed by atoms with Gasteiger partial charge in [-0.15, -0.1) is 0 Å². The molecular formula is C14H11F3N2O2. The smallest absolute Gasteiger partial charge is 0.416 e. The van der Waals surface area contributed by atoms with Gasteiger partial charge in [-0.2, -0.15) is 13.2 Å². The molecule has 0 unspecified atom stereocenters. The summed E-state index contributed by atoms with van der Waals surface area (Å²) in [6.07, 6.45) is -4.42. The predicted octanol–water partition coefficient (Wildman–Crippen LogP) is 3.18. The number of halogens is 3. The van der Waals surface area contributed by atoms with Gasteiger partial charge in [-0.1, -0.05) is 0 Å². The quantitative estimate of drug-likeness (QED) is 0.854. The summed E-state index contributed by atoms with van der Waals surface area (Å²) >= 11 is 0. The van der Waals surface area contributed by atoms with Crippen molar-refractivity contribution >= 4 is 11.6 Å². The van der Waals surface area contributed by atoms with Crippen LogP contribution < -0.4 is 16.2 Å². The normalized spacial score (nSPS) is 11.2. The summed E-state index contributed by atoms with van der Waals surface area (Å²) in [6.45, 7) is 0. The second kappa shape index (κ2) is 5.35. The van der Waals surface area contributed by atoms with E-state index in [2.05, 4.69) is 0 Å². The maximum absolute atomic E-state index is 12.5. The molecule has 4 nitrogen and oxygen atoms in total. The molecule has 0 heterocycles. The highest BCUT2D eigenvalue weighted by Crippen LogP contribution is 2.32. The fourth-order valence-corrected chi connectivity index (χ4v) is 1.67. The number of nitrogens with two attached hydrogens (primary N) is 2. The fourth-order valence-electron chi connectivity index (χ4n) is 1.67. The van der Waals surface area contributed by atoms with Crippen LogP contribution in [-0.2, 0) is 6.18 Å². The van der Waals surface area contributed by atoms with Crippen molar-refractivity contribution in [2.75, 3.05) is 5.73 Å². The summed E-state index contributed by atoms with van der Waals surface area (Å²) in [4.78, 5) is 11.3. The second-order valence-corrected chi connectivity index (χ2v) is 4.24. The molecule has 0 fully saturated rings. The van der Waals surface area contributed by atoms with Crippen LogP contribution in [0.1, 0.15) is 15.9 Å². The Bertz CT molecular complexity index is 667. The Morgan fingerprint density at radius 2 is 1.67 bits per heavy atom. The molecule has 1 amide bonds. The maximum atomic E-state index is 12.5. The minimum Gasteiger partial charge on any atom is -0.456 e. The molecule has 2 rings (SSSR count). The topological polar surface area (TPSA) is 78.3 Å². The Kier molecular flexibility index (Phi) is 3.75. The van der Waals surface area contributed by atoms with E-state index in [1.165, 1.54) is 18.2 Å². The van der Waals surface area contributed by atoms with E-state index in [0.717, 1.165) is 24.3 Å². The molecule has 0 aliphatic carbocycles. The Morgan fingerprint density at radius 1 is 1.05 bits per heavy atom. The molecule has 4 N–H and O–H groups in total. The number of hydrogen-bond acceptors (Lipinski definition) is 3. The van der Waals surface area contributed by atoms with Crippen LogP contribution >= 0.6 is 0 Å². The lowest BCUT2D eigenvalue weighted by Crippen LogP contribution is -2.12. The maximum Gasteiger partial charge on any atom is 0.416 e. The third-order valence-corrected chi connectivity index (χ3v) is 2.68. The third kappa shape index (κ3) is 3.44. The molecule has 2 aromatic rings. The van der Waals surface area contributed by atoms with Gasteiger partial charge in [-0.25, -0.2) is 0 Å². The van der Waals surface area contributed by atoms with Crippen molar-refractivity contribution in [2.45, 2.75) is 6.18 Å². The zero-order chi connectivity index (χ0) is 15.6. The molecule has 0 aliphatic rings. The number of benzene rings is 2. The molecule has 7 heteroatoms. The number of ether oxygens (including phenoxy) is 1. The van der Waals surface area contributed by atoms with E-state index >= 15 is 0 Å². The molecular weight excluding hydrogens is 285 g/mol. The van der Waals surface area contributed by atoms with Gasteiger partial charge in [0.05, 0.1) is 11.1 Å². The monoisotopic (exact) mass is 296 g/mol. The van der Waals surface area contributed by atoms with Crippen molar-refractivity contribution in [1.29, 1.82) is 0 Å². The summed E-state index contributed by atoms with van der Waals surface area (Å²) in [5.74, 6) is -0.504. The molecule has 0 radical (unpaired) electrons. The molecule has 0 saturated heterocycles. The van der Waals surface area contributed by atoms with Crippen LogP contribution in [0.4, 0.5) is 18.9 Å². The summed E-state index contributed by atoms with van der Waals surface area (Å²) in [7, 11) is 0. The number of carbonyl (C=O) groups is 1. The Hall–Kier alpha value is -2.70. The number of hydrogen-bond donors (Lipinski definition) is 2. The Balaban J connectivity index is 2.30. The highest BCUT2D eigenvalue weighted by atomic mass is 19.4. The van der Waals surface area contributed by atoms with Crippen molar-refractivity contribution in [2.24, 2.45) is 5.73 Å². The average Bonchev–Trinajstić information content (AvgIpc) is 2.38. The predicted molar refractivity (Wildman–Crippen MR) is 70.9 cm³/mol. The highest BCUT2D eigenvalue weighted by Gasteiger charge is 2.30. The first kappa shape index (κ1) is 14.7. The van der Waals surface area contributed by atoms with Crippen LogP contribution in [0.25, 0.3) is 0 Å². The van der Waals surface area contributed by atoms with Gasteiger partial charge in [0.15, 0.2) is 0 Å². The van der Waals surface area contributed by atoms with Crippen LogP contribution in [0.15, 0.2) is 42.5 Å². The SMILES string of the molecule is NC(=O)c1ccc(N)cc1Oc1ccc(C(F)(F)F)cc1. The molecule has 2 aromatic carbocycles. The number of rotatable bonds is 3. The largest absolute Gasteiger partial charge is 0.456 e. The molecule has 0 spiro atoms. The minimum absolute atomic E-state index is 0.0854. The zero-order valence-corrected chi connectivity index (χ0v) is 10.6. The van der Waals surface area contributed by atoms with Crippen molar-refractivity contribution in [3.8, 4) is 11.5 Å². The van der Waals surface area contributed by atoms with Crippen LogP contribution in [0.5, 0.6) is 11.5 Å². The van der Waals surface area contributed by atoms with Crippen LogP contribution in [0, 0.1) is 0 Å². The summed E-state index contributed by atoms with van der Waals surface area (Å²) in [6, 6.07) is 8.29. The van der Waals surface area contributed by atoms with Gasteiger partial charge in [-0.3, -0.25) is 4.79 Å². The molecule has 0 atom stereocenters. The number of carbonyl (C=O) groups excluding carboxylic acids is 1. The van der Waals surface area contributed by atoms with E-state index in [0.29, 0.717) is 5.69 Å². The highest BCUT2D eigenvalue weighted by molar-refractivity contribution is 5.96. The van der Waals surface area contributed by atoms with Gasteiger partial charge in [0.25, 0.3) is 5.91 Å².